The molecular weight excluding hydrogens is 210 g/mol. The molecule has 0 heterocycles. The largest absolute Gasteiger partial charge is 0.480 e. The second-order valence-electron chi connectivity index (χ2n) is 4.47. The van der Waals surface area contributed by atoms with E-state index in [-0.39, 0.29) is 17.7 Å². The third-order valence-corrected chi connectivity index (χ3v) is 3.41. The number of rotatable bonds is 4. The summed E-state index contributed by atoms with van der Waals surface area (Å²) in [6.45, 7) is -0.572. The van der Waals surface area contributed by atoms with Gasteiger partial charge < -0.3 is 15.5 Å². The summed E-state index contributed by atoms with van der Waals surface area (Å²) in [5.74, 6) is -0.854. The third-order valence-electron chi connectivity index (χ3n) is 3.41. The topological polar surface area (TPSA) is 86.6 Å². The normalized spacial score (nSPS) is 32.7. The zero-order valence-corrected chi connectivity index (χ0v) is 8.80. The lowest BCUT2D eigenvalue weighted by molar-refractivity contribution is -0.143. The van der Waals surface area contributed by atoms with E-state index < -0.39 is 18.6 Å². The minimum absolute atomic E-state index is 0.122. The first-order valence-corrected chi connectivity index (χ1v) is 5.44. The number of hydrogen-bond acceptors (Lipinski definition) is 3. The van der Waals surface area contributed by atoms with Gasteiger partial charge in [0.1, 0.15) is 6.04 Å². The van der Waals surface area contributed by atoms with Crippen molar-refractivity contribution in [2.24, 2.45) is 17.8 Å². The molecular formula is C11H15NO4. The van der Waals surface area contributed by atoms with E-state index in [1.165, 1.54) is 0 Å². The predicted molar refractivity (Wildman–Crippen MR) is 55.5 cm³/mol. The molecule has 16 heavy (non-hydrogen) atoms. The first-order chi connectivity index (χ1) is 7.61. The number of aliphatic hydroxyl groups excluding tert-OH is 1. The highest BCUT2D eigenvalue weighted by atomic mass is 16.4. The van der Waals surface area contributed by atoms with Crippen LogP contribution in [0, 0.1) is 17.8 Å². The van der Waals surface area contributed by atoms with E-state index in [4.69, 9.17) is 10.2 Å². The van der Waals surface area contributed by atoms with E-state index in [0.717, 1.165) is 12.8 Å². The lowest BCUT2D eigenvalue weighted by Crippen LogP contribution is -2.46. The maximum Gasteiger partial charge on any atom is 0.328 e. The molecule has 0 aliphatic heterocycles. The number of fused-ring (bicyclic) bond motifs is 2. The van der Waals surface area contributed by atoms with Gasteiger partial charge in [-0.15, -0.1) is 0 Å². The predicted octanol–water partition coefficient (Wildman–Crippen LogP) is -0.240. The van der Waals surface area contributed by atoms with Crippen LogP contribution in [0.5, 0.6) is 0 Å². The Balaban J connectivity index is 1.93. The molecule has 0 aromatic rings. The van der Waals surface area contributed by atoms with Crippen molar-refractivity contribution in [3.63, 3.8) is 0 Å². The fourth-order valence-electron chi connectivity index (χ4n) is 2.55. The number of allylic oxidation sites excluding steroid dienone is 2. The van der Waals surface area contributed by atoms with Crippen molar-refractivity contribution >= 4 is 11.9 Å². The Kier molecular flexibility index (Phi) is 2.96. The SMILES string of the molecule is O=C(O)C(CO)NC(=O)C1CC2C=CC1C2. The van der Waals surface area contributed by atoms with Crippen LogP contribution < -0.4 is 5.32 Å². The Hall–Kier alpha value is -1.36. The third kappa shape index (κ3) is 1.95. The van der Waals surface area contributed by atoms with Gasteiger partial charge in [-0.3, -0.25) is 4.79 Å². The minimum Gasteiger partial charge on any atom is -0.480 e. The monoisotopic (exact) mass is 225 g/mol. The Labute approximate surface area is 93.1 Å². The Morgan fingerprint density at radius 1 is 1.38 bits per heavy atom. The van der Waals surface area contributed by atoms with Gasteiger partial charge in [0.15, 0.2) is 0 Å². The average Bonchev–Trinajstić information content (AvgIpc) is 2.86. The van der Waals surface area contributed by atoms with Crippen molar-refractivity contribution in [2.45, 2.75) is 18.9 Å². The number of carbonyl (C=O) groups is 2. The zero-order valence-electron chi connectivity index (χ0n) is 8.80. The molecule has 0 spiro atoms. The summed E-state index contributed by atoms with van der Waals surface area (Å²) in [4.78, 5) is 22.4. The summed E-state index contributed by atoms with van der Waals surface area (Å²) in [7, 11) is 0. The molecule has 2 bridgehead atoms. The van der Waals surface area contributed by atoms with Crippen LogP contribution in [-0.4, -0.2) is 34.7 Å². The van der Waals surface area contributed by atoms with Crippen LogP contribution in [0.3, 0.4) is 0 Å². The first kappa shape index (κ1) is 11.1. The van der Waals surface area contributed by atoms with Gasteiger partial charge >= 0.3 is 5.97 Å². The van der Waals surface area contributed by atoms with Gasteiger partial charge in [-0.2, -0.15) is 0 Å². The highest BCUT2D eigenvalue weighted by Crippen LogP contribution is 2.43. The number of carboxylic acid groups (broad SMARTS) is 1. The van der Waals surface area contributed by atoms with E-state index in [2.05, 4.69) is 11.4 Å². The second kappa shape index (κ2) is 4.25. The molecule has 0 radical (unpaired) electrons. The van der Waals surface area contributed by atoms with Gasteiger partial charge in [-0.25, -0.2) is 4.79 Å². The first-order valence-electron chi connectivity index (χ1n) is 5.44. The zero-order chi connectivity index (χ0) is 11.7. The maximum atomic E-state index is 11.8. The van der Waals surface area contributed by atoms with Crippen LogP contribution in [-0.2, 0) is 9.59 Å². The van der Waals surface area contributed by atoms with Crippen LogP contribution in [0.2, 0.25) is 0 Å². The fraction of sp³-hybridized carbons (Fsp3) is 0.636. The molecule has 2 aliphatic rings. The number of aliphatic carboxylic acids is 1. The van der Waals surface area contributed by atoms with Gasteiger partial charge in [0, 0.05) is 5.92 Å². The average molecular weight is 225 g/mol. The van der Waals surface area contributed by atoms with Crippen LogP contribution in [0.1, 0.15) is 12.8 Å². The number of nitrogens with one attached hydrogen (secondary N) is 1. The molecule has 1 amide bonds. The van der Waals surface area contributed by atoms with Crippen molar-refractivity contribution in [2.75, 3.05) is 6.61 Å². The summed E-state index contributed by atoms with van der Waals surface area (Å²) < 4.78 is 0. The van der Waals surface area contributed by atoms with Crippen molar-refractivity contribution in [1.29, 1.82) is 0 Å². The molecule has 88 valence electrons. The number of hydrogen-bond donors (Lipinski definition) is 3. The van der Waals surface area contributed by atoms with Gasteiger partial charge in [-0.05, 0) is 24.7 Å². The molecule has 0 aromatic heterocycles. The molecule has 2 rings (SSSR count). The van der Waals surface area contributed by atoms with Crippen LogP contribution in [0.15, 0.2) is 12.2 Å². The number of carboxylic acids is 1. The maximum absolute atomic E-state index is 11.8. The number of amides is 1. The number of carbonyl (C=O) groups excluding carboxylic acids is 1. The molecule has 2 aliphatic carbocycles. The molecule has 3 N–H and O–H groups in total. The van der Waals surface area contributed by atoms with Gasteiger partial charge in [0.25, 0.3) is 0 Å². The molecule has 1 fully saturated rings. The number of aliphatic hydroxyl groups is 1. The summed E-state index contributed by atoms with van der Waals surface area (Å²) >= 11 is 0. The van der Waals surface area contributed by atoms with Crippen molar-refractivity contribution in [1.82, 2.24) is 5.32 Å². The summed E-state index contributed by atoms with van der Waals surface area (Å²) in [6.07, 6.45) is 5.95. The molecule has 0 aromatic carbocycles. The molecule has 0 saturated heterocycles. The Morgan fingerprint density at radius 2 is 2.12 bits per heavy atom. The quantitative estimate of drug-likeness (QED) is 0.576. The standard InChI is InChI=1S/C11H15NO4/c13-5-9(11(15)16)12-10(14)8-4-6-1-2-7(8)3-6/h1-2,6-9,13H,3-5H2,(H,12,14)(H,15,16). The second-order valence-corrected chi connectivity index (χ2v) is 4.47. The molecule has 4 atom stereocenters. The van der Waals surface area contributed by atoms with Crippen LogP contribution >= 0.6 is 0 Å². The highest BCUT2D eigenvalue weighted by Gasteiger charge is 2.40. The van der Waals surface area contributed by atoms with E-state index in [0.29, 0.717) is 5.92 Å². The smallest absolute Gasteiger partial charge is 0.328 e. The summed E-state index contributed by atoms with van der Waals surface area (Å²) in [6, 6.07) is -1.18. The van der Waals surface area contributed by atoms with Crippen LogP contribution in [0.4, 0.5) is 0 Å². The van der Waals surface area contributed by atoms with Crippen molar-refractivity contribution in [3.05, 3.63) is 12.2 Å². The summed E-state index contributed by atoms with van der Waals surface area (Å²) in [5, 5.41) is 19.9. The van der Waals surface area contributed by atoms with Crippen LogP contribution in [0.25, 0.3) is 0 Å². The highest BCUT2D eigenvalue weighted by molar-refractivity contribution is 5.85. The van der Waals surface area contributed by atoms with Crippen molar-refractivity contribution in [3.8, 4) is 0 Å². The molecule has 5 heteroatoms. The van der Waals surface area contributed by atoms with E-state index in [9.17, 15) is 9.59 Å². The lowest BCUT2D eigenvalue weighted by atomic mass is 9.92. The Bertz CT molecular complexity index is 339. The molecule has 1 saturated carbocycles. The fourth-order valence-corrected chi connectivity index (χ4v) is 2.55. The molecule has 5 nitrogen and oxygen atoms in total. The van der Waals surface area contributed by atoms with Crippen molar-refractivity contribution < 1.29 is 19.8 Å². The van der Waals surface area contributed by atoms with Gasteiger partial charge in [0.2, 0.25) is 5.91 Å². The van der Waals surface area contributed by atoms with E-state index in [1.807, 2.05) is 6.08 Å². The molecule has 4 unspecified atom stereocenters. The van der Waals surface area contributed by atoms with E-state index in [1.54, 1.807) is 0 Å². The van der Waals surface area contributed by atoms with Gasteiger partial charge in [-0.1, -0.05) is 12.2 Å². The van der Waals surface area contributed by atoms with E-state index >= 15 is 0 Å². The summed E-state index contributed by atoms with van der Waals surface area (Å²) in [5.41, 5.74) is 0. The van der Waals surface area contributed by atoms with Gasteiger partial charge in [0.05, 0.1) is 6.61 Å². The minimum atomic E-state index is -1.20. The lowest BCUT2D eigenvalue weighted by Gasteiger charge is -2.20. The Morgan fingerprint density at radius 3 is 2.56 bits per heavy atom.